The zero-order valence-corrected chi connectivity index (χ0v) is 25.1. The fourth-order valence-corrected chi connectivity index (χ4v) is 8.52. The number of likely N-dealkylation sites (N-methyl/N-ethyl adjacent to an activating group) is 2. The molecule has 228 valence electrons. The number of rotatable bonds is 5. The Morgan fingerprint density at radius 1 is 1.07 bits per heavy atom. The van der Waals surface area contributed by atoms with Gasteiger partial charge in [-0.2, -0.15) is 15.2 Å². The van der Waals surface area contributed by atoms with Gasteiger partial charge in [-0.25, -0.2) is 13.2 Å². The molecule has 7 heterocycles. The molecule has 2 bridgehead atoms. The first kappa shape index (κ1) is 27.8. The lowest BCUT2D eigenvalue weighted by atomic mass is 9.86. The number of alkyl halides is 1. The van der Waals surface area contributed by atoms with Crippen LogP contribution in [0.25, 0.3) is 32.1 Å². The van der Waals surface area contributed by atoms with Gasteiger partial charge >= 0.3 is 6.01 Å². The lowest BCUT2D eigenvalue weighted by Crippen LogP contribution is -2.68. The van der Waals surface area contributed by atoms with Gasteiger partial charge in [0.1, 0.15) is 41.0 Å². The molecule has 2 unspecified atom stereocenters. The summed E-state index contributed by atoms with van der Waals surface area (Å²) in [6.45, 7) is 2.39. The molecule has 5 aliphatic heterocycles. The van der Waals surface area contributed by atoms with Crippen LogP contribution < -0.4 is 15.4 Å². The average molecular weight is 622 g/mol. The summed E-state index contributed by atoms with van der Waals surface area (Å²) in [4.78, 5) is 15.8. The number of piperazine rings is 1. The molecule has 2 aromatic carbocycles. The van der Waals surface area contributed by atoms with Gasteiger partial charge in [0, 0.05) is 59.0 Å². The highest BCUT2D eigenvalue weighted by Crippen LogP contribution is 2.49. The van der Waals surface area contributed by atoms with Crippen molar-refractivity contribution in [2.75, 3.05) is 51.0 Å². The average Bonchev–Trinajstić information content (AvgIpc) is 3.68. The minimum atomic E-state index is -0.941. The highest BCUT2D eigenvalue weighted by Gasteiger charge is 2.46. The quantitative estimate of drug-likeness (QED) is 0.343. The molecule has 4 aromatic rings. The Kier molecular flexibility index (Phi) is 6.43. The topological polar surface area (TPSA) is 104 Å². The summed E-state index contributed by atoms with van der Waals surface area (Å²) in [5.41, 5.74) is 7.45. The minimum absolute atomic E-state index is 0.00355. The summed E-state index contributed by atoms with van der Waals surface area (Å²) in [6, 6.07) is 5.11. The Bertz CT molecular complexity index is 1880. The summed E-state index contributed by atoms with van der Waals surface area (Å²) in [6.07, 6.45) is 0.389. The number of nitriles is 1. The molecule has 9 rings (SSSR count). The fourth-order valence-electron chi connectivity index (χ4n) is 7.59. The van der Waals surface area contributed by atoms with Crippen molar-refractivity contribution in [3.05, 3.63) is 40.5 Å². The van der Waals surface area contributed by atoms with E-state index in [1.165, 1.54) is 6.07 Å². The predicted molar refractivity (Wildman–Crippen MR) is 161 cm³/mol. The maximum absolute atomic E-state index is 17.1. The van der Waals surface area contributed by atoms with Crippen LogP contribution in [0.2, 0.25) is 0 Å². The van der Waals surface area contributed by atoms with Gasteiger partial charge in [-0.05, 0) is 50.2 Å². The molecule has 2 aromatic heterocycles. The van der Waals surface area contributed by atoms with Crippen molar-refractivity contribution < 1.29 is 22.6 Å². The van der Waals surface area contributed by atoms with Crippen molar-refractivity contribution in [2.24, 2.45) is 0 Å². The summed E-state index contributed by atoms with van der Waals surface area (Å²) < 4.78 is 59.6. The second-order valence-electron chi connectivity index (χ2n) is 12.4. The van der Waals surface area contributed by atoms with Crippen molar-refractivity contribution in [3.8, 4) is 23.2 Å². The molecule has 4 saturated heterocycles. The number of nitrogens with zero attached hydrogens (tertiary/aromatic N) is 6. The highest BCUT2D eigenvalue weighted by molar-refractivity contribution is 7.23. The van der Waals surface area contributed by atoms with Gasteiger partial charge in [0.2, 0.25) is 0 Å². The number of fused-ring (bicyclic) bond motifs is 6. The third-order valence-corrected chi connectivity index (χ3v) is 10.6. The van der Waals surface area contributed by atoms with Gasteiger partial charge in [0.05, 0.1) is 24.2 Å². The van der Waals surface area contributed by atoms with Gasteiger partial charge in [0.15, 0.2) is 5.82 Å². The van der Waals surface area contributed by atoms with Crippen molar-refractivity contribution in [1.29, 1.82) is 5.26 Å². The van der Waals surface area contributed by atoms with E-state index in [1.54, 1.807) is 6.07 Å². The number of ether oxygens (including phenoxy) is 2. The van der Waals surface area contributed by atoms with Gasteiger partial charge in [-0.3, -0.25) is 4.90 Å². The van der Waals surface area contributed by atoms with Gasteiger partial charge in [-0.1, -0.05) is 0 Å². The van der Waals surface area contributed by atoms with Crippen LogP contribution in [0.15, 0.2) is 12.1 Å². The van der Waals surface area contributed by atoms with Crippen LogP contribution in [0.3, 0.4) is 0 Å². The molecule has 44 heavy (non-hydrogen) atoms. The highest BCUT2D eigenvalue weighted by atomic mass is 32.1. The Morgan fingerprint density at radius 2 is 1.84 bits per heavy atom. The van der Waals surface area contributed by atoms with E-state index in [9.17, 15) is 9.65 Å². The maximum atomic E-state index is 17.1. The number of nitrogens with two attached hydrogens (primary N) is 1. The zero-order chi connectivity index (χ0) is 30.4. The van der Waals surface area contributed by atoms with E-state index in [1.807, 2.05) is 11.9 Å². The number of likely N-dealkylation sites (tertiary alicyclic amines) is 1. The summed E-state index contributed by atoms with van der Waals surface area (Å²) in [7, 11) is 3.92. The molecule has 4 atom stereocenters. The number of halogens is 3. The molecule has 5 aliphatic rings. The van der Waals surface area contributed by atoms with Crippen LogP contribution >= 0.6 is 11.3 Å². The van der Waals surface area contributed by atoms with E-state index in [0.29, 0.717) is 40.0 Å². The fraction of sp³-hybridized carbons (Fsp3) is 0.452. The third kappa shape index (κ3) is 4.08. The molecular formula is C31H30F3N7O2S. The van der Waals surface area contributed by atoms with E-state index in [0.717, 1.165) is 30.8 Å². The smallest absolute Gasteiger partial charge is 0.319 e. The second kappa shape index (κ2) is 10.2. The molecule has 0 saturated carbocycles. The van der Waals surface area contributed by atoms with E-state index in [4.69, 9.17) is 20.2 Å². The van der Waals surface area contributed by atoms with Crippen LogP contribution in [0.1, 0.15) is 29.5 Å². The number of aromatic nitrogens is 2. The van der Waals surface area contributed by atoms with Crippen LogP contribution in [-0.4, -0.2) is 84.4 Å². The second-order valence-corrected chi connectivity index (χ2v) is 13.4. The Morgan fingerprint density at radius 3 is 2.57 bits per heavy atom. The maximum Gasteiger partial charge on any atom is 0.319 e. The molecule has 13 heteroatoms. The Balaban J connectivity index is 1.36. The number of nitrogen functional groups attached to an aromatic ring is 1. The predicted octanol–water partition coefficient (Wildman–Crippen LogP) is 4.59. The number of hydrogen-bond acceptors (Lipinski definition) is 10. The number of hydrogen-bond donors (Lipinski definition) is 1. The van der Waals surface area contributed by atoms with Crippen LogP contribution in [0.5, 0.6) is 6.01 Å². The van der Waals surface area contributed by atoms with Gasteiger partial charge in [0.25, 0.3) is 0 Å². The summed E-state index contributed by atoms with van der Waals surface area (Å²) in [5.74, 6) is -0.830. The van der Waals surface area contributed by atoms with Crippen LogP contribution in [-0.2, 0) is 18.0 Å². The van der Waals surface area contributed by atoms with E-state index < -0.39 is 17.8 Å². The number of anilines is 2. The van der Waals surface area contributed by atoms with Crippen LogP contribution in [0, 0.1) is 23.0 Å². The lowest BCUT2D eigenvalue weighted by Gasteiger charge is -2.56. The van der Waals surface area contributed by atoms with E-state index in [-0.39, 0.29) is 76.6 Å². The summed E-state index contributed by atoms with van der Waals surface area (Å²) in [5, 5.41) is 11.0. The Labute approximate surface area is 255 Å². The number of thiophene rings is 1. The monoisotopic (exact) mass is 621 g/mol. The van der Waals surface area contributed by atoms with Crippen molar-refractivity contribution in [3.63, 3.8) is 0 Å². The standard InChI is InChI=1S/C31H30F3N7O2S/c1-39-9-15-6-16(10-39)41(15)30-25-20-13-42-12-19(20)24(26-21(33)3-4-22-23(26)18(7-35)29(36)44-22)27(34)28(25)37-31(38-30)43-11-17-5-14(32)8-40(17)2/h3-4,14-17H,5-6,8-13,36H2,1-2H3/t14-,15?,16?,17+/m1/s1. The molecule has 0 spiro atoms. The van der Waals surface area contributed by atoms with Gasteiger partial charge < -0.3 is 25.0 Å². The first-order valence-corrected chi connectivity index (χ1v) is 15.5. The molecule has 0 aliphatic carbocycles. The van der Waals surface area contributed by atoms with Crippen molar-refractivity contribution in [2.45, 2.75) is 50.4 Å². The largest absolute Gasteiger partial charge is 0.462 e. The molecule has 0 amide bonds. The molecule has 9 nitrogen and oxygen atoms in total. The Hall–Kier alpha value is -3.70. The van der Waals surface area contributed by atoms with Crippen molar-refractivity contribution >= 4 is 43.1 Å². The molecule has 4 fully saturated rings. The number of benzene rings is 2. The van der Waals surface area contributed by atoms with Crippen molar-refractivity contribution in [1.82, 2.24) is 19.8 Å². The van der Waals surface area contributed by atoms with Gasteiger partial charge in [-0.15, -0.1) is 11.3 Å². The molecular weight excluding hydrogens is 591 g/mol. The SMILES string of the molecule is CN1CC2CC(C1)N2c1nc(OC[C@@H]2C[C@@H](F)CN2C)nc2c(F)c(-c3c(F)ccc4sc(N)c(C#N)c34)c3c(c12)COC3. The summed E-state index contributed by atoms with van der Waals surface area (Å²) >= 11 is 1.16. The minimum Gasteiger partial charge on any atom is -0.462 e. The first-order chi connectivity index (χ1) is 21.2. The normalized spacial score (nSPS) is 25.0. The first-order valence-electron chi connectivity index (χ1n) is 14.7. The van der Waals surface area contributed by atoms with Crippen LogP contribution in [0.4, 0.5) is 24.0 Å². The number of piperidine rings is 1. The molecule has 0 radical (unpaired) electrons. The molecule has 2 N–H and O–H groups in total. The van der Waals surface area contributed by atoms with E-state index in [2.05, 4.69) is 27.9 Å². The zero-order valence-electron chi connectivity index (χ0n) is 24.2. The third-order valence-electron chi connectivity index (χ3n) is 9.61. The lowest BCUT2D eigenvalue weighted by molar-refractivity contribution is 0.134. The van der Waals surface area contributed by atoms with E-state index >= 15 is 8.78 Å².